The molecule has 0 bridgehead atoms. The van der Waals surface area contributed by atoms with Gasteiger partial charge in [0.2, 0.25) is 0 Å². The molecule has 8 nitrogen and oxygen atoms in total. The van der Waals surface area contributed by atoms with Gasteiger partial charge in [-0.3, -0.25) is 14.5 Å². The van der Waals surface area contributed by atoms with Gasteiger partial charge in [0.25, 0.3) is 5.91 Å². The normalized spacial score (nSPS) is 16.2. The zero-order chi connectivity index (χ0) is 24.0. The molecule has 33 heavy (non-hydrogen) atoms. The molecular formula is C19H13F6N7O. The van der Waals surface area contributed by atoms with Crippen molar-refractivity contribution >= 4 is 5.91 Å². The molecule has 0 saturated heterocycles. The van der Waals surface area contributed by atoms with E-state index in [0.29, 0.717) is 31.4 Å². The number of amides is 1. The van der Waals surface area contributed by atoms with Gasteiger partial charge in [-0.15, -0.1) is 13.2 Å². The van der Waals surface area contributed by atoms with Crippen molar-refractivity contribution in [3.63, 3.8) is 0 Å². The van der Waals surface area contributed by atoms with Gasteiger partial charge in [-0.1, -0.05) is 0 Å². The molecule has 172 valence electrons. The van der Waals surface area contributed by atoms with Gasteiger partial charge in [-0.05, 0) is 31.0 Å². The number of hydrogen-bond donors (Lipinski definition) is 1. The van der Waals surface area contributed by atoms with E-state index in [2.05, 4.69) is 20.4 Å². The molecule has 1 N–H and O–H groups in total. The van der Waals surface area contributed by atoms with Gasteiger partial charge in [0.05, 0.1) is 17.4 Å². The molecule has 1 aliphatic heterocycles. The molecule has 3 aromatic heterocycles. The van der Waals surface area contributed by atoms with Crippen molar-refractivity contribution in [1.29, 1.82) is 5.26 Å². The molecule has 3 aromatic rings. The highest BCUT2D eigenvalue weighted by atomic mass is 19.4. The lowest BCUT2D eigenvalue weighted by Gasteiger charge is -2.24. The maximum Gasteiger partial charge on any atom is 0.490 e. The average molecular weight is 469 g/mol. The van der Waals surface area contributed by atoms with Crippen molar-refractivity contribution in [2.75, 3.05) is 0 Å². The Morgan fingerprint density at radius 1 is 1.18 bits per heavy atom. The van der Waals surface area contributed by atoms with Crippen LogP contribution in [-0.4, -0.2) is 30.2 Å². The zero-order valence-corrected chi connectivity index (χ0v) is 16.4. The van der Waals surface area contributed by atoms with Crippen molar-refractivity contribution in [1.82, 2.24) is 29.6 Å². The number of nitrogens with one attached hydrogen (secondary N) is 1. The number of nitriles is 1. The molecule has 1 amide bonds. The number of fused-ring (bicyclic) bond motifs is 1. The Labute approximate surface area is 181 Å². The Morgan fingerprint density at radius 3 is 2.61 bits per heavy atom. The molecule has 1 aliphatic rings. The largest absolute Gasteiger partial charge is 0.490 e. The monoisotopic (exact) mass is 469 g/mol. The highest BCUT2D eigenvalue weighted by Crippen LogP contribution is 2.33. The Kier molecular flexibility index (Phi) is 5.35. The second-order valence-corrected chi connectivity index (χ2v) is 7.16. The van der Waals surface area contributed by atoms with Gasteiger partial charge in [0.1, 0.15) is 18.1 Å². The van der Waals surface area contributed by atoms with Crippen molar-refractivity contribution < 1.29 is 31.1 Å². The second kappa shape index (κ2) is 7.91. The van der Waals surface area contributed by atoms with Crippen LogP contribution in [0.4, 0.5) is 26.3 Å². The molecule has 4 heterocycles. The summed E-state index contributed by atoms with van der Waals surface area (Å²) in [6, 6.07) is 4.35. The molecule has 0 aliphatic carbocycles. The van der Waals surface area contributed by atoms with E-state index in [1.54, 1.807) is 0 Å². The molecule has 4 rings (SSSR count). The molecule has 0 fully saturated rings. The molecule has 0 radical (unpaired) electrons. The first kappa shape index (κ1) is 22.3. The van der Waals surface area contributed by atoms with Crippen LogP contribution in [0.2, 0.25) is 0 Å². The number of aryl methyl sites for hydroxylation is 1. The van der Waals surface area contributed by atoms with Crippen LogP contribution in [-0.2, 0) is 19.0 Å². The topological polar surface area (TPSA) is 101 Å². The third kappa shape index (κ3) is 4.26. The van der Waals surface area contributed by atoms with Gasteiger partial charge >= 0.3 is 12.5 Å². The minimum Gasteiger partial charge on any atom is -0.342 e. The number of imidazole rings is 1. The lowest BCUT2D eigenvalue weighted by Crippen LogP contribution is -2.33. The minimum atomic E-state index is -4.92. The van der Waals surface area contributed by atoms with E-state index in [0.717, 1.165) is 12.3 Å². The van der Waals surface area contributed by atoms with Gasteiger partial charge in [0, 0.05) is 18.3 Å². The summed E-state index contributed by atoms with van der Waals surface area (Å²) in [6.07, 6.45) is -7.25. The van der Waals surface area contributed by atoms with Crippen LogP contribution in [0, 0.1) is 11.3 Å². The Bertz CT molecular complexity index is 1250. The molecule has 0 aromatic carbocycles. The standard InChI is InChI=1S/C19H13F6N7O/c20-18(21,22)15-6-10(3-4-27-15)12-7-13-11(2-1-5-32(13)30-12)29-17(33)16-14(8-26)31(9-28-16)19(23,24)25/h3-4,6-7,9,11H,1-2,5H2,(H,29,33)/t11-/m0/s1. The Hall–Kier alpha value is -3.89. The SMILES string of the molecule is N#Cc1c(C(=O)N[C@H]2CCCn3nc(-c4ccnc(C(F)(F)F)c4)cc32)ncn1C(F)(F)F. The molecular weight excluding hydrogens is 456 g/mol. The van der Waals surface area contributed by atoms with E-state index in [4.69, 9.17) is 5.26 Å². The van der Waals surface area contributed by atoms with E-state index in [9.17, 15) is 31.1 Å². The molecule has 0 saturated carbocycles. The van der Waals surface area contributed by atoms with Crippen molar-refractivity contribution in [3.05, 3.63) is 53.5 Å². The van der Waals surface area contributed by atoms with Crippen molar-refractivity contribution in [2.24, 2.45) is 0 Å². The highest BCUT2D eigenvalue weighted by Gasteiger charge is 2.37. The fraction of sp³-hybridized carbons (Fsp3) is 0.316. The van der Waals surface area contributed by atoms with Gasteiger partial charge in [-0.25, -0.2) is 9.55 Å². The predicted octanol–water partition coefficient (Wildman–Crippen LogP) is 3.77. The quantitative estimate of drug-likeness (QED) is 0.589. The number of carbonyl (C=O) groups is 1. The maximum absolute atomic E-state index is 13.0. The zero-order valence-electron chi connectivity index (χ0n) is 16.4. The third-order valence-corrected chi connectivity index (χ3v) is 5.04. The highest BCUT2D eigenvalue weighted by molar-refractivity contribution is 5.94. The van der Waals surface area contributed by atoms with E-state index < -0.39 is 41.5 Å². The summed E-state index contributed by atoms with van der Waals surface area (Å²) in [7, 11) is 0. The lowest BCUT2D eigenvalue weighted by molar-refractivity contribution is -0.204. The first-order valence-corrected chi connectivity index (χ1v) is 9.46. The van der Waals surface area contributed by atoms with Crippen LogP contribution in [0.15, 0.2) is 30.7 Å². The van der Waals surface area contributed by atoms with Crippen LogP contribution >= 0.6 is 0 Å². The Morgan fingerprint density at radius 2 is 1.94 bits per heavy atom. The van der Waals surface area contributed by atoms with Crippen LogP contribution in [0.1, 0.15) is 46.5 Å². The van der Waals surface area contributed by atoms with E-state index >= 15 is 0 Å². The van der Waals surface area contributed by atoms with Gasteiger partial charge in [-0.2, -0.15) is 23.5 Å². The number of halogens is 6. The third-order valence-electron chi connectivity index (χ3n) is 5.04. The summed E-state index contributed by atoms with van der Waals surface area (Å²) >= 11 is 0. The first-order chi connectivity index (χ1) is 15.5. The summed E-state index contributed by atoms with van der Waals surface area (Å²) in [5.74, 6) is -0.987. The molecule has 0 unspecified atom stereocenters. The van der Waals surface area contributed by atoms with E-state index in [1.165, 1.54) is 22.9 Å². The van der Waals surface area contributed by atoms with Crippen LogP contribution in [0.25, 0.3) is 11.3 Å². The average Bonchev–Trinajstić information content (AvgIpc) is 3.38. The Balaban J connectivity index is 1.62. The summed E-state index contributed by atoms with van der Waals surface area (Å²) in [5.41, 5.74) is -1.88. The predicted molar refractivity (Wildman–Crippen MR) is 98.1 cm³/mol. The number of nitrogens with zero attached hydrogens (tertiary/aromatic N) is 6. The van der Waals surface area contributed by atoms with Crippen LogP contribution < -0.4 is 5.32 Å². The van der Waals surface area contributed by atoms with Crippen molar-refractivity contribution in [2.45, 2.75) is 37.9 Å². The lowest BCUT2D eigenvalue weighted by atomic mass is 10.0. The summed E-state index contributed by atoms with van der Waals surface area (Å²) in [6.45, 7) is 0.436. The van der Waals surface area contributed by atoms with Gasteiger partial charge in [0.15, 0.2) is 11.4 Å². The minimum absolute atomic E-state index is 0.167. The maximum atomic E-state index is 13.0. The number of hydrogen-bond acceptors (Lipinski definition) is 5. The van der Waals surface area contributed by atoms with E-state index in [-0.39, 0.29) is 15.8 Å². The second-order valence-electron chi connectivity index (χ2n) is 7.16. The molecule has 1 atom stereocenters. The van der Waals surface area contributed by atoms with E-state index in [1.807, 2.05) is 0 Å². The smallest absolute Gasteiger partial charge is 0.342 e. The number of pyridine rings is 1. The summed E-state index contributed by atoms with van der Waals surface area (Å²) < 4.78 is 79.1. The fourth-order valence-corrected chi connectivity index (χ4v) is 3.56. The first-order valence-electron chi connectivity index (χ1n) is 9.46. The number of rotatable bonds is 3. The number of carbonyl (C=O) groups excluding carboxylic acids is 1. The number of alkyl halides is 6. The van der Waals surface area contributed by atoms with Crippen molar-refractivity contribution in [3.8, 4) is 17.3 Å². The van der Waals surface area contributed by atoms with Gasteiger partial charge < -0.3 is 5.32 Å². The number of aromatic nitrogens is 5. The van der Waals surface area contributed by atoms with Crippen LogP contribution in [0.3, 0.4) is 0 Å². The fourth-order valence-electron chi connectivity index (χ4n) is 3.56. The molecule has 14 heteroatoms. The molecule has 0 spiro atoms. The summed E-state index contributed by atoms with van der Waals surface area (Å²) in [5, 5.41) is 15.9. The summed E-state index contributed by atoms with van der Waals surface area (Å²) in [4.78, 5) is 19.3. The van der Waals surface area contributed by atoms with Crippen LogP contribution in [0.5, 0.6) is 0 Å².